The molecule has 0 fully saturated rings. The van der Waals surface area contributed by atoms with E-state index in [9.17, 15) is 4.39 Å². The number of hydrogen-bond donors (Lipinski definition) is 0. The number of halogens is 3. The fraction of sp³-hybridized carbons (Fsp3) is 0. The minimum Gasteiger partial charge on any atom is -0.244 e. The molecule has 13 heavy (non-hydrogen) atoms. The lowest BCUT2D eigenvalue weighted by atomic mass is 10.2. The number of hydrogen-bond acceptors (Lipinski definition) is 1. The van der Waals surface area contributed by atoms with Gasteiger partial charge in [-0.1, -0.05) is 27.5 Å². The van der Waals surface area contributed by atoms with E-state index in [1.807, 2.05) is 0 Å². The summed E-state index contributed by atoms with van der Waals surface area (Å²) >= 11 is 8.99. The van der Waals surface area contributed by atoms with Gasteiger partial charge >= 0.3 is 0 Å². The maximum Gasteiger partial charge on any atom is 0.136 e. The van der Waals surface area contributed by atoms with E-state index < -0.39 is 0 Å². The molecule has 0 N–H and O–H groups in total. The lowest BCUT2D eigenvalue weighted by molar-refractivity contribution is 0.639. The minimum atomic E-state index is -0.298. The van der Waals surface area contributed by atoms with Gasteiger partial charge in [0, 0.05) is 21.4 Å². The molecule has 2 rings (SSSR count). The quantitative estimate of drug-likeness (QED) is 0.657. The molecule has 66 valence electrons. The van der Waals surface area contributed by atoms with Crippen LogP contribution in [0.5, 0.6) is 0 Å². The summed E-state index contributed by atoms with van der Waals surface area (Å²) in [5, 5.41) is 1.43. The molecule has 1 aromatic carbocycles. The summed E-state index contributed by atoms with van der Waals surface area (Å²) in [5.41, 5.74) is 0. The molecule has 1 nitrogen and oxygen atoms in total. The monoisotopic (exact) mass is 259 g/mol. The van der Waals surface area contributed by atoms with Gasteiger partial charge < -0.3 is 0 Å². The first-order valence-electron chi connectivity index (χ1n) is 3.58. The van der Waals surface area contributed by atoms with Gasteiger partial charge in [0.25, 0.3) is 0 Å². The highest BCUT2D eigenvalue weighted by atomic mass is 79.9. The van der Waals surface area contributed by atoms with Crippen LogP contribution in [0.25, 0.3) is 10.8 Å². The van der Waals surface area contributed by atoms with Gasteiger partial charge in [-0.25, -0.2) is 9.37 Å². The summed E-state index contributed by atoms with van der Waals surface area (Å²) in [7, 11) is 0. The summed E-state index contributed by atoms with van der Waals surface area (Å²) in [5.74, 6) is -0.298. The second-order valence-electron chi connectivity index (χ2n) is 2.58. The van der Waals surface area contributed by atoms with Crippen molar-refractivity contribution in [1.82, 2.24) is 4.98 Å². The number of aromatic nitrogens is 1. The number of fused-ring (bicyclic) bond motifs is 1. The standard InChI is InChI=1S/C9H4BrClFN/c10-5-3-7-6(8(12)4-5)1-2-13-9(7)11/h1-4H. The fourth-order valence-corrected chi connectivity index (χ4v) is 1.81. The van der Waals surface area contributed by atoms with Gasteiger partial charge in [-0.3, -0.25) is 0 Å². The minimum absolute atomic E-state index is 0.298. The molecule has 0 bridgehead atoms. The predicted octanol–water partition coefficient (Wildman–Crippen LogP) is 3.79. The van der Waals surface area contributed by atoms with E-state index in [2.05, 4.69) is 20.9 Å². The second-order valence-corrected chi connectivity index (χ2v) is 3.86. The normalized spacial score (nSPS) is 10.7. The molecular weight excluding hydrogens is 256 g/mol. The van der Waals surface area contributed by atoms with Crippen molar-refractivity contribution in [2.24, 2.45) is 0 Å². The van der Waals surface area contributed by atoms with Crippen LogP contribution in [0.1, 0.15) is 0 Å². The van der Waals surface area contributed by atoms with Gasteiger partial charge in [0.05, 0.1) is 0 Å². The van der Waals surface area contributed by atoms with Gasteiger partial charge in [-0.05, 0) is 18.2 Å². The summed E-state index contributed by atoms with van der Waals surface area (Å²) < 4.78 is 14.0. The lowest BCUT2D eigenvalue weighted by Gasteiger charge is -2.01. The number of nitrogens with zero attached hydrogens (tertiary/aromatic N) is 1. The molecule has 0 aliphatic rings. The first-order chi connectivity index (χ1) is 6.18. The Kier molecular flexibility index (Phi) is 2.22. The van der Waals surface area contributed by atoms with E-state index >= 15 is 0 Å². The van der Waals surface area contributed by atoms with Crippen LogP contribution in [0.15, 0.2) is 28.9 Å². The predicted molar refractivity (Wildman–Crippen MR) is 54.4 cm³/mol. The SMILES string of the molecule is Fc1cc(Br)cc2c(Cl)nccc12. The van der Waals surface area contributed by atoms with Gasteiger partial charge in [-0.15, -0.1) is 0 Å². The summed E-state index contributed by atoms with van der Waals surface area (Å²) in [6.45, 7) is 0. The van der Waals surface area contributed by atoms with Crippen LogP contribution in [0.4, 0.5) is 4.39 Å². The van der Waals surface area contributed by atoms with Gasteiger partial charge in [-0.2, -0.15) is 0 Å². The van der Waals surface area contributed by atoms with E-state index in [0.717, 1.165) is 0 Å². The maximum atomic E-state index is 13.3. The molecule has 4 heteroatoms. The summed E-state index contributed by atoms with van der Waals surface area (Å²) in [4.78, 5) is 3.87. The van der Waals surface area contributed by atoms with Crippen molar-refractivity contribution in [3.05, 3.63) is 39.8 Å². The molecule has 0 aliphatic carbocycles. The van der Waals surface area contributed by atoms with E-state index in [0.29, 0.717) is 20.4 Å². The van der Waals surface area contributed by atoms with Gasteiger partial charge in [0.2, 0.25) is 0 Å². The number of benzene rings is 1. The molecule has 2 aromatic rings. The molecule has 0 saturated heterocycles. The fourth-order valence-electron chi connectivity index (χ4n) is 1.17. The Morgan fingerprint density at radius 3 is 2.85 bits per heavy atom. The molecule has 0 radical (unpaired) electrons. The van der Waals surface area contributed by atoms with Crippen molar-refractivity contribution in [2.45, 2.75) is 0 Å². The maximum absolute atomic E-state index is 13.3. The smallest absolute Gasteiger partial charge is 0.136 e. The third-order valence-corrected chi connectivity index (χ3v) is 2.50. The first-order valence-corrected chi connectivity index (χ1v) is 4.75. The molecule has 0 atom stereocenters. The van der Waals surface area contributed by atoms with Crippen LogP contribution in [0.2, 0.25) is 5.15 Å². The highest BCUT2D eigenvalue weighted by molar-refractivity contribution is 9.10. The Hall–Kier alpha value is -0.670. The lowest BCUT2D eigenvalue weighted by Crippen LogP contribution is -1.83. The third kappa shape index (κ3) is 1.54. The van der Waals surface area contributed by atoms with Crippen LogP contribution >= 0.6 is 27.5 Å². The van der Waals surface area contributed by atoms with Crippen LogP contribution in [-0.2, 0) is 0 Å². The third-order valence-electron chi connectivity index (χ3n) is 1.75. The van der Waals surface area contributed by atoms with Gasteiger partial charge in [0.1, 0.15) is 11.0 Å². The first kappa shape index (κ1) is 8.91. The van der Waals surface area contributed by atoms with Crippen LogP contribution in [0.3, 0.4) is 0 Å². The average molecular weight is 260 g/mol. The van der Waals surface area contributed by atoms with E-state index in [1.54, 1.807) is 12.1 Å². The number of pyridine rings is 1. The highest BCUT2D eigenvalue weighted by Crippen LogP contribution is 2.27. The highest BCUT2D eigenvalue weighted by Gasteiger charge is 2.05. The van der Waals surface area contributed by atoms with E-state index in [-0.39, 0.29) is 5.82 Å². The van der Waals surface area contributed by atoms with Gasteiger partial charge in [0.15, 0.2) is 0 Å². The molecule has 0 spiro atoms. The topological polar surface area (TPSA) is 12.9 Å². The zero-order chi connectivity index (χ0) is 9.42. The molecular formula is C9H4BrClFN. The largest absolute Gasteiger partial charge is 0.244 e. The molecule has 0 aliphatic heterocycles. The Morgan fingerprint density at radius 2 is 2.08 bits per heavy atom. The Balaban J connectivity index is 2.94. The van der Waals surface area contributed by atoms with Crippen molar-refractivity contribution in [3.8, 4) is 0 Å². The van der Waals surface area contributed by atoms with Crippen LogP contribution in [-0.4, -0.2) is 4.98 Å². The van der Waals surface area contributed by atoms with Crippen LogP contribution < -0.4 is 0 Å². The van der Waals surface area contributed by atoms with Crippen molar-refractivity contribution < 1.29 is 4.39 Å². The molecule has 0 saturated carbocycles. The van der Waals surface area contributed by atoms with Crippen molar-refractivity contribution in [2.75, 3.05) is 0 Å². The average Bonchev–Trinajstić information content (AvgIpc) is 2.07. The molecule has 0 amide bonds. The molecule has 1 heterocycles. The van der Waals surface area contributed by atoms with Crippen LogP contribution in [0, 0.1) is 5.82 Å². The van der Waals surface area contributed by atoms with E-state index in [4.69, 9.17) is 11.6 Å². The molecule has 1 aromatic heterocycles. The van der Waals surface area contributed by atoms with Crippen molar-refractivity contribution >= 4 is 38.3 Å². The Morgan fingerprint density at radius 1 is 1.31 bits per heavy atom. The zero-order valence-corrected chi connectivity index (χ0v) is 8.73. The number of rotatable bonds is 0. The summed E-state index contributed by atoms with van der Waals surface area (Å²) in [6, 6.07) is 4.75. The zero-order valence-electron chi connectivity index (χ0n) is 6.39. The van der Waals surface area contributed by atoms with Crippen molar-refractivity contribution in [1.29, 1.82) is 0 Å². The Bertz CT molecular complexity index is 472. The van der Waals surface area contributed by atoms with Crippen molar-refractivity contribution in [3.63, 3.8) is 0 Å². The Labute approximate surface area is 87.7 Å². The molecule has 0 unspecified atom stereocenters. The van der Waals surface area contributed by atoms with E-state index in [1.165, 1.54) is 12.3 Å². The second kappa shape index (κ2) is 3.24. The summed E-state index contributed by atoms with van der Waals surface area (Å²) in [6.07, 6.45) is 1.49.